The molecule has 3 rings (SSSR count). The summed E-state index contributed by atoms with van der Waals surface area (Å²) in [5.74, 6) is -2.44. The molecule has 1 fully saturated rings. The average Bonchev–Trinajstić information content (AvgIpc) is 3.22. The number of aryl methyl sites for hydroxylation is 1. The monoisotopic (exact) mass is 364 g/mol. The van der Waals surface area contributed by atoms with E-state index in [1.165, 1.54) is 12.3 Å². The molecule has 0 spiro atoms. The van der Waals surface area contributed by atoms with E-state index >= 15 is 0 Å². The van der Waals surface area contributed by atoms with Crippen molar-refractivity contribution in [1.29, 1.82) is 0 Å². The molecular formula is C18H18F2N2O4. The highest BCUT2D eigenvalue weighted by Crippen LogP contribution is 2.26. The summed E-state index contributed by atoms with van der Waals surface area (Å²) >= 11 is 0. The Kier molecular flexibility index (Phi) is 5.29. The minimum Gasteiger partial charge on any atom is -0.481 e. The lowest BCUT2D eigenvalue weighted by molar-refractivity contribution is -0.141. The zero-order valence-electron chi connectivity index (χ0n) is 13.9. The molecule has 0 bridgehead atoms. The summed E-state index contributed by atoms with van der Waals surface area (Å²) < 4.78 is 32.1. The third-order valence-corrected chi connectivity index (χ3v) is 4.46. The molecule has 2 atom stereocenters. The van der Waals surface area contributed by atoms with E-state index in [9.17, 15) is 18.4 Å². The quantitative estimate of drug-likeness (QED) is 0.822. The Hall–Kier alpha value is -2.77. The smallest absolute Gasteiger partial charge is 0.306 e. The van der Waals surface area contributed by atoms with Gasteiger partial charge in [-0.05, 0) is 31.4 Å². The number of hydrogen-bond donors (Lipinski definition) is 2. The molecule has 1 aromatic heterocycles. The highest BCUT2D eigenvalue weighted by molar-refractivity contribution is 5.77. The van der Waals surface area contributed by atoms with Gasteiger partial charge in [-0.15, -0.1) is 0 Å². The second kappa shape index (κ2) is 7.63. The Bertz CT molecular complexity index is 821. The van der Waals surface area contributed by atoms with Crippen molar-refractivity contribution in [3.63, 3.8) is 0 Å². The highest BCUT2D eigenvalue weighted by Gasteiger charge is 2.30. The van der Waals surface area contributed by atoms with E-state index in [1.54, 1.807) is 0 Å². The number of nitrogens with one attached hydrogen (secondary N) is 1. The molecule has 26 heavy (non-hydrogen) atoms. The maximum absolute atomic E-state index is 13.7. The van der Waals surface area contributed by atoms with E-state index in [1.807, 2.05) is 0 Å². The molecule has 2 aromatic rings. The fraction of sp³-hybridized carbons (Fsp3) is 0.389. The van der Waals surface area contributed by atoms with Crippen molar-refractivity contribution in [3.05, 3.63) is 41.9 Å². The number of rotatable bonds is 6. The summed E-state index contributed by atoms with van der Waals surface area (Å²) in [5.41, 5.74) is 0.0975. The molecule has 0 aliphatic heterocycles. The summed E-state index contributed by atoms with van der Waals surface area (Å²) in [4.78, 5) is 26.9. The van der Waals surface area contributed by atoms with Crippen molar-refractivity contribution >= 4 is 11.9 Å². The molecule has 1 heterocycles. The summed E-state index contributed by atoms with van der Waals surface area (Å²) in [6.07, 6.45) is 3.33. The van der Waals surface area contributed by atoms with Gasteiger partial charge in [-0.1, -0.05) is 0 Å². The zero-order valence-corrected chi connectivity index (χ0v) is 13.9. The summed E-state index contributed by atoms with van der Waals surface area (Å²) in [5, 5.41) is 11.8. The van der Waals surface area contributed by atoms with Gasteiger partial charge >= 0.3 is 5.97 Å². The van der Waals surface area contributed by atoms with Crippen molar-refractivity contribution in [2.45, 2.75) is 38.1 Å². The molecule has 0 saturated heterocycles. The number of benzene rings is 1. The number of aromatic nitrogens is 1. The molecule has 1 aliphatic carbocycles. The lowest BCUT2D eigenvalue weighted by Gasteiger charge is -2.11. The van der Waals surface area contributed by atoms with Crippen LogP contribution in [0.2, 0.25) is 0 Å². The van der Waals surface area contributed by atoms with Crippen LogP contribution in [0.15, 0.2) is 28.8 Å². The van der Waals surface area contributed by atoms with Crippen LogP contribution in [-0.2, 0) is 16.0 Å². The van der Waals surface area contributed by atoms with Crippen molar-refractivity contribution in [2.24, 2.45) is 5.92 Å². The van der Waals surface area contributed by atoms with Crippen LogP contribution < -0.4 is 5.32 Å². The van der Waals surface area contributed by atoms with Crippen LogP contribution in [0.5, 0.6) is 0 Å². The van der Waals surface area contributed by atoms with Crippen LogP contribution in [0.25, 0.3) is 11.3 Å². The van der Waals surface area contributed by atoms with Crippen molar-refractivity contribution in [3.8, 4) is 11.3 Å². The lowest BCUT2D eigenvalue weighted by Crippen LogP contribution is -2.33. The maximum atomic E-state index is 13.7. The van der Waals surface area contributed by atoms with Crippen molar-refractivity contribution in [2.75, 3.05) is 0 Å². The van der Waals surface area contributed by atoms with Crippen molar-refractivity contribution in [1.82, 2.24) is 10.3 Å². The lowest BCUT2D eigenvalue weighted by atomic mass is 10.1. The Morgan fingerprint density at radius 3 is 2.81 bits per heavy atom. The summed E-state index contributed by atoms with van der Waals surface area (Å²) in [7, 11) is 0. The van der Waals surface area contributed by atoms with Gasteiger partial charge in [-0.2, -0.15) is 0 Å². The van der Waals surface area contributed by atoms with E-state index in [0.717, 1.165) is 12.1 Å². The van der Waals surface area contributed by atoms with Gasteiger partial charge in [0.15, 0.2) is 11.7 Å². The summed E-state index contributed by atoms with van der Waals surface area (Å²) in [6.45, 7) is 0. The van der Waals surface area contributed by atoms with Gasteiger partial charge in [-0.3, -0.25) is 9.59 Å². The molecule has 2 N–H and O–H groups in total. The van der Waals surface area contributed by atoms with Gasteiger partial charge in [0.2, 0.25) is 5.91 Å². The fourth-order valence-corrected chi connectivity index (χ4v) is 3.10. The van der Waals surface area contributed by atoms with Crippen LogP contribution in [0.3, 0.4) is 0 Å². The Morgan fingerprint density at radius 2 is 2.12 bits per heavy atom. The van der Waals surface area contributed by atoms with E-state index < -0.39 is 23.5 Å². The second-order valence-corrected chi connectivity index (χ2v) is 6.36. The zero-order chi connectivity index (χ0) is 18.7. The van der Waals surface area contributed by atoms with Gasteiger partial charge in [-0.25, -0.2) is 13.8 Å². The number of carboxylic acid groups (broad SMARTS) is 1. The molecule has 8 heteroatoms. The number of oxazole rings is 1. The number of hydrogen-bond acceptors (Lipinski definition) is 4. The van der Waals surface area contributed by atoms with Crippen LogP contribution >= 0.6 is 0 Å². The predicted octanol–water partition coefficient (Wildman–Crippen LogP) is 2.92. The number of carboxylic acids is 1. The number of aliphatic carboxylic acids is 1. The fourth-order valence-electron chi connectivity index (χ4n) is 3.10. The number of carbonyl (C=O) groups excluding carboxylic acids is 1. The third kappa shape index (κ3) is 4.25. The number of carbonyl (C=O) groups is 2. The maximum Gasteiger partial charge on any atom is 0.306 e. The van der Waals surface area contributed by atoms with Crippen molar-refractivity contribution < 1.29 is 27.9 Å². The molecule has 1 aromatic carbocycles. The first kappa shape index (κ1) is 18.0. The second-order valence-electron chi connectivity index (χ2n) is 6.36. The van der Waals surface area contributed by atoms with Gasteiger partial charge in [0, 0.05) is 24.9 Å². The predicted molar refractivity (Wildman–Crippen MR) is 87.1 cm³/mol. The van der Waals surface area contributed by atoms with Gasteiger partial charge in [0.25, 0.3) is 0 Å². The normalized spacial score (nSPS) is 19.5. The molecule has 0 unspecified atom stereocenters. The third-order valence-electron chi connectivity index (χ3n) is 4.46. The van der Waals surface area contributed by atoms with Gasteiger partial charge < -0.3 is 14.8 Å². The molecule has 1 aliphatic rings. The highest BCUT2D eigenvalue weighted by atomic mass is 19.1. The molecule has 1 saturated carbocycles. The number of halogens is 2. The van der Waals surface area contributed by atoms with E-state index in [4.69, 9.17) is 9.52 Å². The number of amides is 1. The van der Waals surface area contributed by atoms with Gasteiger partial charge in [0.1, 0.15) is 11.6 Å². The molecule has 138 valence electrons. The molecular weight excluding hydrogens is 346 g/mol. The largest absolute Gasteiger partial charge is 0.481 e. The molecule has 6 nitrogen and oxygen atoms in total. The standard InChI is InChI=1S/C18H18F2N2O4/c19-11-2-4-13(14(20)8-11)15-9-21-17(26-15)6-5-16(23)22-12-3-1-10(7-12)18(24)25/h2,4,8-10,12H,1,3,5-7H2,(H,22,23)(H,24,25)/t10-,12+/m1/s1. The minimum atomic E-state index is -0.831. The molecule has 0 radical (unpaired) electrons. The molecule has 1 amide bonds. The first-order valence-corrected chi connectivity index (χ1v) is 8.34. The average molecular weight is 364 g/mol. The minimum absolute atomic E-state index is 0.0975. The Balaban J connectivity index is 1.52. The number of nitrogens with zero attached hydrogens (tertiary/aromatic N) is 1. The van der Waals surface area contributed by atoms with E-state index in [0.29, 0.717) is 19.3 Å². The van der Waals surface area contributed by atoms with Crippen LogP contribution in [-0.4, -0.2) is 28.0 Å². The SMILES string of the molecule is O=C(CCc1ncc(-c2ccc(F)cc2F)o1)N[C@H]1CC[C@@H](C(=O)O)C1. The van der Waals surface area contributed by atoms with Gasteiger partial charge in [0.05, 0.1) is 17.7 Å². The Morgan fingerprint density at radius 1 is 1.31 bits per heavy atom. The first-order valence-electron chi connectivity index (χ1n) is 8.34. The van der Waals surface area contributed by atoms with Crippen LogP contribution in [0.4, 0.5) is 8.78 Å². The van der Waals surface area contributed by atoms with E-state index in [2.05, 4.69) is 10.3 Å². The topological polar surface area (TPSA) is 92.4 Å². The van der Waals surface area contributed by atoms with Crippen LogP contribution in [0.1, 0.15) is 31.6 Å². The summed E-state index contributed by atoms with van der Waals surface area (Å²) in [6, 6.07) is 3.02. The van der Waals surface area contributed by atoms with E-state index in [-0.39, 0.29) is 42.0 Å². The Labute approximate surface area is 148 Å². The van der Waals surface area contributed by atoms with Crippen LogP contribution in [0, 0.1) is 17.6 Å². The first-order chi connectivity index (χ1) is 12.4.